The van der Waals surface area contributed by atoms with E-state index >= 15 is 0 Å². The van der Waals surface area contributed by atoms with Gasteiger partial charge >= 0.3 is 0 Å². The molecule has 88 valence electrons. The van der Waals surface area contributed by atoms with E-state index in [0.717, 1.165) is 5.69 Å². The molecule has 0 unspecified atom stereocenters. The van der Waals surface area contributed by atoms with Crippen LogP contribution in [0.2, 0.25) is 0 Å². The zero-order chi connectivity index (χ0) is 12.1. The van der Waals surface area contributed by atoms with Crippen LogP contribution in [0.1, 0.15) is 10.5 Å². The topological polar surface area (TPSA) is 80.0 Å². The SMILES string of the molecule is O=C(NCCO)c1cc(-n2cccn2)ccn1. The van der Waals surface area contributed by atoms with Crippen LogP contribution in [0.3, 0.4) is 0 Å². The van der Waals surface area contributed by atoms with Crippen molar-refractivity contribution >= 4 is 5.91 Å². The molecule has 2 aromatic heterocycles. The number of rotatable bonds is 4. The number of aromatic nitrogens is 3. The van der Waals surface area contributed by atoms with E-state index in [1.54, 1.807) is 41.5 Å². The number of carbonyl (C=O) groups excluding carboxylic acids is 1. The largest absolute Gasteiger partial charge is 0.395 e. The molecule has 17 heavy (non-hydrogen) atoms. The van der Waals surface area contributed by atoms with Crippen molar-refractivity contribution in [2.45, 2.75) is 0 Å². The molecule has 2 N–H and O–H groups in total. The molecule has 6 heteroatoms. The second-order valence-corrected chi connectivity index (χ2v) is 3.33. The monoisotopic (exact) mass is 232 g/mol. The summed E-state index contributed by atoms with van der Waals surface area (Å²) >= 11 is 0. The number of amides is 1. The molecule has 0 atom stereocenters. The molecule has 2 heterocycles. The van der Waals surface area contributed by atoms with Crippen molar-refractivity contribution in [3.63, 3.8) is 0 Å². The van der Waals surface area contributed by atoms with Gasteiger partial charge in [0.1, 0.15) is 5.69 Å². The van der Waals surface area contributed by atoms with Crippen LogP contribution in [0.25, 0.3) is 5.69 Å². The smallest absolute Gasteiger partial charge is 0.270 e. The molecule has 2 rings (SSSR count). The van der Waals surface area contributed by atoms with Crippen LogP contribution in [0, 0.1) is 0 Å². The fourth-order valence-electron chi connectivity index (χ4n) is 1.37. The average Bonchev–Trinajstić information content (AvgIpc) is 2.90. The van der Waals surface area contributed by atoms with Crippen LogP contribution in [0.15, 0.2) is 36.8 Å². The van der Waals surface area contributed by atoms with Crippen LogP contribution >= 0.6 is 0 Å². The van der Waals surface area contributed by atoms with E-state index in [9.17, 15) is 4.79 Å². The van der Waals surface area contributed by atoms with E-state index in [-0.39, 0.29) is 19.1 Å². The van der Waals surface area contributed by atoms with E-state index < -0.39 is 0 Å². The molecule has 0 saturated carbocycles. The average molecular weight is 232 g/mol. The first kappa shape index (κ1) is 11.3. The highest BCUT2D eigenvalue weighted by atomic mass is 16.3. The quantitative estimate of drug-likeness (QED) is 0.777. The first-order chi connectivity index (χ1) is 8.31. The Morgan fingerprint density at radius 3 is 3.06 bits per heavy atom. The first-order valence-corrected chi connectivity index (χ1v) is 5.16. The summed E-state index contributed by atoms with van der Waals surface area (Å²) in [5.41, 5.74) is 1.06. The summed E-state index contributed by atoms with van der Waals surface area (Å²) in [7, 11) is 0. The minimum Gasteiger partial charge on any atom is -0.395 e. The molecule has 1 amide bonds. The van der Waals surface area contributed by atoms with Crippen molar-refractivity contribution in [2.75, 3.05) is 13.2 Å². The van der Waals surface area contributed by atoms with Gasteiger partial charge in [0.2, 0.25) is 0 Å². The number of hydrogen-bond donors (Lipinski definition) is 2. The van der Waals surface area contributed by atoms with Crippen molar-refractivity contribution < 1.29 is 9.90 Å². The van der Waals surface area contributed by atoms with Gasteiger partial charge in [0.05, 0.1) is 12.3 Å². The molecule has 2 aromatic rings. The Bertz CT molecular complexity index is 496. The highest BCUT2D eigenvalue weighted by Gasteiger charge is 2.07. The van der Waals surface area contributed by atoms with Crippen LogP contribution in [0.5, 0.6) is 0 Å². The Morgan fingerprint density at radius 2 is 2.35 bits per heavy atom. The minimum atomic E-state index is -0.312. The fourth-order valence-corrected chi connectivity index (χ4v) is 1.37. The van der Waals surface area contributed by atoms with Crippen LogP contribution in [-0.2, 0) is 0 Å². The van der Waals surface area contributed by atoms with Crippen LogP contribution in [-0.4, -0.2) is 38.9 Å². The lowest BCUT2D eigenvalue weighted by Gasteiger charge is -2.05. The van der Waals surface area contributed by atoms with Gasteiger partial charge in [0.25, 0.3) is 5.91 Å². The summed E-state index contributed by atoms with van der Waals surface area (Å²) in [5, 5.41) is 15.2. The van der Waals surface area contributed by atoms with E-state index in [1.807, 2.05) is 0 Å². The highest BCUT2D eigenvalue weighted by molar-refractivity contribution is 5.92. The van der Waals surface area contributed by atoms with Gasteiger partial charge in [-0.3, -0.25) is 9.78 Å². The van der Waals surface area contributed by atoms with Crippen LogP contribution < -0.4 is 5.32 Å². The van der Waals surface area contributed by atoms with Crippen molar-refractivity contribution in [3.8, 4) is 5.69 Å². The number of aliphatic hydroxyl groups is 1. The Hall–Kier alpha value is -2.21. The van der Waals surface area contributed by atoms with Gasteiger partial charge in [-0.05, 0) is 18.2 Å². The molecule has 6 nitrogen and oxygen atoms in total. The van der Waals surface area contributed by atoms with Gasteiger partial charge in [0.15, 0.2) is 0 Å². The predicted octanol–water partition coefficient (Wildman–Crippen LogP) is -0.0106. The molecule has 0 saturated heterocycles. The maximum absolute atomic E-state index is 11.6. The number of aliphatic hydroxyl groups excluding tert-OH is 1. The number of hydrogen-bond acceptors (Lipinski definition) is 4. The summed E-state index contributed by atoms with van der Waals surface area (Å²) in [6.45, 7) is 0.122. The highest BCUT2D eigenvalue weighted by Crippen LogP contribution is 2.06. The molecule has 0 fully saturated rings. The maximum Gasteiger partial charge on any atom is 0.270 e. The normalized spacial score (nSPS) is 10.2. The zero-order valence-corrected chi connectivity index (χ0v) is 9.08. The Kier molecular flexibility index (Phi) is 3.46. The standard InChI is InChI=1S/C11H12N4O2/c16-7-5-13-11(17)10-8-9(2-4-12-10)15-6-1-3-14-15/h1-4,6,8,16H,5,7H2,(H,13,17). The molecule has 0 spiro atoms. The third-order valence-corrected chi connectivity index (χ3v) is 2.14. The van der Waals surface area contributed by atoms with Crippen molar-refractivity contribution in [1.29, 1.82) is 0 Å². The Balaban J connectivity index is 2.20. The lowest BCUT2D eigenvalue weighted by Crippen LogP contribution is -2.27. The lowest BCUT2D eigenvalue weighted by molar-refractivity contribution is 0.0940. The summed E-state index contributed by atoms with van der Waals surface area (Å²) in [6, 6.07) is 5.20. The third-order valence-electron chi connectivity index (χ3n) is 2.14. The third kappa shape index (κ3) is 2.67. The molecule has 0 aliphatic rings. The summed E-state index contributed by atoms with van der Waals surface area (Å²) in [6.07, 6.45) is 4.99. The number of nitrogens with zero attached hydrogens (tertiary/aromatic N) is 3. The number of carbonyl (C=O) groups is 1. The van der Waals surface area contributed by atoms with Crippen molar-refractivity contribution in [1.82, 2.24) is 20.1 Å². The molecule has 0 aliphatic carbocycles. The van der Waals surface area contributed by atoms with E-state index in [4.69, 9.17) is 5.11 Å². The number of nitrogens with one attached hydrogen (secondary N) is 1. The molecular formula is C11H12N4O2. The first-order valence-electron chi connectivity index (χ1n) is 5.16. The van der Waals surface area contributed by atoms with Gasteiger partial charge < -0.3 is 10.4 Å². The predicted molar refractivity (Wildman–Crippen MR) is 60.8 cm³/mol. The Labute approximate surface area is 97.9 Å². The second-order valence-electron chi connectivity index (χ2n) is 3.33. The van der Waals surface area contributed by atoms with Crippen LogP contribution in [0.4, 0.5) is 0 Å². The molecule has 0 bridgehead atoms. The van der Waals surface area contributed by atoms with Crippen molar-refractivity contribution in [2.24, 2.45) is 0 Å². The fraction of sp³-hybridized carbons (Fsp3) is 0.182. The second kappa shape index (κ2) is 5.22. The van der Waals surface area contributed by atoms with E-state index in [2.05, 4.69) is 15.4 Å². The van der Waals surface area contributed by atoms with E-state index in [0.29, 0.717) is 5.69 Å². The Morgan fingerprint density at radius 1 is 1.47 bits per heavy atom. The van der Waals surface area contributed by atoms with Gasteiger partial charge in [-0.25, -0.2) is 4.68 Å². The number of pyridine rings is 1. The van der Waals surface area contributed by atoms with Gasteiger partial charge in [0, 0.05) is 25.1 Å². The molecule has 0 aliphatic heterocycles. The van der Waals surface area contributed by atoms with E-state index in [1.165, 1.54) is 0 Å². The minimum absolute atomic E-state index is 0.0927. The maximum atomic E-state index is 11.6. The lowest BCUT2D eigenvalue weighted by atomic mass is 10.3. The molecular weight excluding hydrogens is 220 g/mol. The van der Waals surface area contributed by atoms with Crippen molar-refractivity contribution in [3.05, 3.63) is 42.5 Å². The van der Waals surface area contributed by atoms with Gasteiger partial charge in [-0.2, -0.15) is 5.10 Å². The zero-order valence-electron chi connectivity index (χ0n) is 9.08. The summed E-state index contributed by atoms with van der Waals surface area (Å²) < 4.78 is 1.64. The molecule has 0 radical (unpaired) electrons. The summed E-state index contributed by atoms with van der Waals surface area (Å²) in [4.78, 5) is 15.6. The molecule has 0 aromatic carbocycles. The van der Waals surface area contributed by atoms with Gasteiger partial charge in [-0.15, -0.1) is 0 Å². The van der Waals surface area contributed by atoms with Gasteiger partial charge in [-0.1, -0.05) is 0 Å². The summed E-state index contributed by atoms with van der Waals surface area (Å²) in [5.74, 6) is -0.312.